The normalized spacial score (nSPS) is 24.1. The fourth-order valence-corrected chi connectivity index (χ4v) is 7.82. The van der Waals surface area contributed by atoms with Gasteiger partial charge in [-0.1, -0.05) is 43.8 Å². The molecular weight excluding hydrogens is 412 g/mol. The molecule has 0 radical (unpaired) electrons. The maximum absolute atomic E-state index is 12.4. The fraction of sp³-hybridized carbons (Fsp3) is 0.550. The molecule has 29 heavy (non-hydrogen) atoms. The zero-order valence-corrected chi connectivity index (χ0v) is 18.3. The molecule has 0 spiro atoms. The summed E-state index contributed by atoms with van der Waals surface area (Å²) in [6.07, 6.45) is 1.80. The van der Waals surface area contributed by atoms with Crippen molar-refractivity contribution >= 4 is 44.3 Å². The quantitative estimate of drug-likeness (QED) is 0.698. The van der Waals surface area contributed by atoms with Gasteiger partial charge in [0.1, 0.15) is 0 Å². The number of amides is 1. The number of sulfone groups is 1. The van der Waals surface area contributed by atoms with Gasteiger partial charge in [0.2, 0.25) is 5.91 Å². The van der Waals surface area contributed by atoms with Gasteiger partial charge < -0.3 is 10.0 Å². The van der Waals surface area contributed by atoms with E-state index < -0.39 is 15.8 Å². The minimum Gasteiger partial charge on any atom is -0.481 e. The van der Waals surface area contributed by atoms with Crippen molar-refractivity contribution in [1.29, 1.82) is 0 Å². The molecule has 0 aliphatic carbocycles. The molecule has 0 unspecified atom stereocenters. The van der Waals surface area contributed by atoms with Crippen molar-refractivity contribution in [3.8, 4) is 0 Å². The summed E-state index contributed by atoms with van der Waals surface area (Å²) in [6, 6.07) is 5.82. The van der Waals surface area contributed by atoms with Crippen molar-refractivity contribution in [3.05, 3.63) is 29.3 Å². The molecule has 0 saturated carbocycles. The molecule has 7 nitrogen and oxygen atoms in total. The van der Waals surface area contributed by atoms with Crippen LogP contribution in [0.5, 0.6) is 0 Å². The summed E-state index contributed by atoms with van der Waals surface area (Å²) in [7, 11) is -3.13. The van der Waals surface area contributed by atoms with Gasteiger partial charge in [-0.05, 0) is 30.4 Å². The molecule has 0 aromatic heterocycles. The van der Waals surface area contributed by atoms with E-state index in [0.717, 1.165) is 29.7 Å². The van der Waals surface area contributed by atoms with Crippen molar-refractivity contribution in [3.63, 3.8) is 0 Å². The number of carbonyl (C=O) groups is 2. The number of thioether (sulfide) groups is 1. The number of hydrogen-bond donors (Lipinski definition) is 1. The average Bonchev–Trinajstić information content (AvgIpc) is 3.11. The minimum absolute atomic E-state index is 0.0537. The molecule has 2 heterocycles. The molecule has 0 bridgehead atoms. The topological polar surface area (TPSA) is 104 Å². The Morgan fingerprint density at radius 3 is 2.41 bits per heavy atom. The summed E-state index contributed by atoms with van der Waals surface area (Å²) >= 11 is 1.35. The van der Waals surface area contributed by atoms with E-state index in [0.29, 0.717) is 5.17 Å². The first-order valence-corrected chi connectivity index (χ1v) is 12.6. The lowest BCUT2D eigenvalue weighted by Crippen LogP contribution is -2.39. The smallest absolute Gasteiger partial charge is 0.303 e. The zero-order chi connectivity index (χ0) is 21.2. The predicted octanol–water partition coefficient (Wildman–Crippen LogP) is 2.67. The number of carbonyl (C=O) groups excluding carboxylic acids is 1. The zero-order valence-electron chi connectivity index (χ0n) is 16.6. The molecule has 2 aliphatic heterocycles. The van der Waals surface area contributed by atoms with Crippen molar-refractivity contribution in [2.75, 3.05) is 16.4 Å². The van der Waals surface area contributed by atoms with Crippen LogP contribution in [0.4, 0.5) is 5.69 Å². The predicted molar refractivity (Wildman–Crippen MR) is 115 cm³/mol. The average molecular weight is 439 g/mol. The Balaban J connectivity index is 1.98. The molecule has 1 N–H and O–H groups in total. The Labute approximate surface area is 175 Å². The van der Waals surface area contributed by atoms with Gasteiger partial charge in [0.15, 0.2) is 15.0 Å². The second kappa shape index (κ2) is 8.87. The third-order valence-electron chi connectivity index (χ3n) is 5.27. The number of rotatable bonds is 7. The number of amidine groups is 1. The van der Waals surface area contributed by atoms with Crippen LogP contribution in [-0.4, -0.2) is 53.4 Å². The standard InChI is InChI=1S/C20H26N2O5S2/c1-3-13-7-5-8-14(4-2)19(13)22-15-11-29(26,27)12-16(15)28-20(22)21-17(23)9-6-10-18(24)25/h5,7-8,15-16H,3-4,6,9-12H2,1-2H3,(H,24,25)/t15-,16+/m0/s1. The van der Waals surface area contributed by atoms with Gasteiger partial charge >= 0.3 is 5.97 Å². The Hall–Kier alpha value is -1.87. The highest BCUT2D eigenvalue weighted by Crippen LogP contribution is 2.43. The number of aliphatic imine (C=N–C) groups is 1. The summed E-state index contributed by atoms with van der Waals surface area (Å²) in [5, 5.41) is 9.14. The molecule has 1 aromatic rings. The van der Waals surface area contributed by atoms with Gasteiger partial charge in [0.25, 0.3) is 0 Å². The lowest BCUT2D eigenvalue weighted by molar-refractivity contribution is -0.137. The lowest BCUT2D eigenvalue weighted by Gasteiger charge is -2.29. The highest BCUT2D eigenvalue weighted by Gasteiger charge is 2.50. The minimum atomic E-state index is -3.13. The molecule has 3 rings (SSSR count). The monoisotopic (exact) mass is 438 g/mol. The van der Waals surface area contributed by atoms with Crippen molar-refractivity contribution in [2.45, 2.75) is 57.2 Å². The van der Waals surface area contributed by atoms with Crippen molar-refractivity contribution in [2.24, 2.45) is 4.99 Å². The van der Waals surface area contributed by atoms with Gasteiger partial charge in [0.05, 0.1) is 17.5 Å². The molecule has 9 heteroatoms. The highest BCUT2D eigenvalue weighted by atomic mass is 32.2. The van der Waals surface area contributed by atoms with E-state index in [4.69, 9.17) is 5.11 Å². The molecule has 2 fully saturated rings. The van der Waals surface area contributed by atoms with Gasteiger partial charge in [0, 0.05) is 23.8 Å². The number of benzene rings is 1. The number of hydrogen-bond acceptors (Lipinski definition) is 5. The van der Waals surface area contributed by atoms with E-state index in [1.807, 2.05) is 23.1 Å². The Morgan fingerprint density at radius 1 is 1.17 bits per heavy atom. The third kappa shape index (κ3) is 4.83. The van der Waals surface area contributed by atoms with Crippen LogP contribution in [0, 0.1) is 0 Å². The van der Waals surface area contributed by atoms with Crippen LogP contribution in [0.15, 0.2) is 23.2 Å². The number of aryl methyl sites for hydroxylation is 2. The third-order valence-corrected chi connectivity index (χ3v) is 8.48. The number of carboxylic acids is 1. The highest BCUT2D eigenvalue weighted by molar-refractivity contribution is 8.16. The van der Waals surface area contributed by atoms with Gasteiger partial charge in [-0.25, -0.2) is 8.42 Å². The molecule has 1 aromatic carbocycles. The van der Waals surface area contributed by atoms with E-state index in [2.05, 4.69) is 18.8 Å². The first kappa shape index (κ1) is 21.8. The first-order valence-electron chi connectivity index (χ1n) is 9.86. The Bertz CT molecular complexity index is 920. The van der Waals surface area contributed by atoms with Crippen LogP contribution in [-0.2, 0) is 32.3 Å². The first-order chi connectivity index (χ1) is 13.8. The maximum Gasteiger partial charge on any atom is 0.303 e. The van der Waals surface area contributed by atoms with Crippen LogP contribution >= 0.6 is 11.8 Å². The van der Waals surface area contributed by atoms with Crippen LogP contribution in [0.25, 0.3) is 0 Å². The van der Waals surface area contributed by atoms with E-state index >= 15 is 0 Å². The molecule has 1 amide bonds. The number of para-hydroxylation sites is 1. The number of anilines is 1. The van der Waals surface area contributed by atoms with Crippen LogP contribution < -0.4 is 4.90 Å². The van der Waals surface area contributed by atoms with E-state index in [-0.39, 0.29) is 48.0 Å². The Morgan fingerprint density at radius 2 is 1.83 bits per heavy atom. The lowest BCUT2D eigenvalue weighted by atomic mass is 10.0. The molecule has 158 valence electrons. The van der Waals surface area contributed by atoms with E-state index in [9.17, 15) is 18.0 Å². The molecular formula is C20H26N2O5S2. The van der Waals surface area contributed by atoms with E-state index in [1.54, 1.807) is 0 Å². The summed E-state index contributed by atoms with van der Waals surface area (Å²) < 4.78 is 24.5. The molecule has 2 saturated heterocycles. The van der Waals surface area contributed by atoms with Gasteiger partial charge in [-0.15, -0.1) is 0 Å². The summed E-state index contributed by atoms with van der Waals surface area (Å²) in [5.41, 5.74) is 3.16. The summed E-state index contributed by atoms with van der Waals surface area (Å²) in [5.74, 6) is -1.17. The van der Waals surface area contributed by atoms with E-state index in [1.165, 1.54) is 11.8 Å². The second-order valence-electron chi connectivity index (χ2n) is 7.34. The Kier molecular flexibility index (Phi) is 6.68. The number of fused-ring (bicyclic) bond motifs is 1. The van der Waals surface area contributed by atoms with Gasteiger partial charge in [-0.2, -0.15) is 4.99 Å². The largest absolute Gasteiger partial charge is 0.481 e. The second-order valence-corrected chi connectivity index (χ2v) is 10.7. The summed E-state index contributed by atoms with van der Waals surface area (Å²) in [4.78, 5) is 29.3. The maximum atomic E-state index is 12.4. The van der Waals surface area contributed by atoms with Crippen LogP contribution in [0.3, 0.4) is 0 Å². The fourth-order valence-electron chi connectivity index (χ4n) is 3.90. The SMILES string of the molecule is CCc1cccc(CC)c1N1C(=NC(=O)CCCC(=O)O)S[C@@H]2CS(=O)(=O)C[C@@H]21. The van der Waals surface area contributed by atoms with Gasteiger partial charge in [-0.3, -0.25) is 9.59 Å². The number of nitrogens with zero attached hydrogens (tertiary/aromatic N) is 2. The van der Waals surface area contributed by atoms with Crippen LogP contribution in [0.2, 0.25) is 0 Å². The molecule has 2 atom stereocenters. The van der Waals surface area contributed by atoms with Crippen molar-refractivity contribution < 1.29 is 23.1 Å². The van der Waals surface area contributed by atoms with Crippen molar-refractivity contribution in [1.82, 2.24) is 0 Å². The molecule has 2 aliphatic rings. The number of carboxylic acid groups (broad SMARTS) is 1. The van der Waals surface area contributed by atoms with Crippen LogP contribution in [0.1, 0.15) is 44.2 Å². The summed E-state index contributed by atoms with van der Waals surface area (Å²) in [6.45, 7) is 4.11. The number of aliphatic carboxylic acids is 1.